The smallest absolute Gasteiger partial charge is 0.169 e. The molecule has 0 saturated carbocycles. The van der Waals surface area contributed by atoms with Crippen molar-refractivity contribution in [3.05, 3.63) is 16.8 Å². The number of nitriles is 1. The van der Waals surface area contributed by atoms with Crippen LogP contribution in [-0.4, -0.2) is 35.9 Å². The van der Waals surface area contributed by atoms with Gasteiger partial charge in [-0.3, -0.25) is 0 Å². The van der Waals surface area contributed by atoms with Gasteiger partial charge in [0.05, 0.1) is 5.69 Å². The molecule has 0 radical (unpaired) electrons. The first-order valence-electron chi connectivity index (χ1n) is 6.90. The molecule has 0 bridgehead atoms. The Bertz CT molecular complexity index is 485. The first-order chi connectivity index (χ1) is 9.19. The van der Waals surface area contributed by atoms with E-state index in [1.807, 2.05) is 13.8 Å². The molecule has 1 fully saturated rings. The highest BCUT2D eigenvalue weighted by Gasteiger charge is 2.26. The zero-order chi connectivity index (χ0) is 13.8. The molecule has 1 saturated heterocycles. The summed E-state index contributed by atoms with van der Waals surface area (Å²) in [6, 6.07) is 2.72. The van der Waals surface area contributed by atoms with Crippen molar-refractivity contribution in [2.24, 2.45) is 0 Å². The first kappa shape index (κ1) is 13.8. The number of rotatable bonds is 4. The van der Waals surface area contributed by atoms with Crippen molar-refractivity contribution in [2.75, 3.05) is 24.5 Å². The van der Waals surface area contributed by atoms with Gasteiger partial charge >= 0.3 is 0 Å². The molecule has 0 spiro atoms. The van der Waals surface area contributed by atoms with E-state index in [9.17, 15) is 5.26 Å². The highest BCUT2D eigenvalue weighted by atomic mass is 15.3. The molecule has 1 aliphatic heterocycles. The van der Waals surface area contributed by atoms with Gasteiger partial charge in [-0.15, -0.1) is 5.10 Å². The van der Waals surface area contributed by atoms with Gasteiger partial charge in [0.2, 0.25) is 0 Å². The molecule has 5 heteroatoms. The lowest BCUT2D eigenvalue weighted by Crippen LogP contribution is -2.39. The molecule has 2 heterocycles. The Morgan fingerprint density at radius 2 is 2.21 bits per heavy atom. The molecule has 1 aromatic rings. The summed E-state index contributed by atoms with van der Waals surface area (Å²) in [6.45, 7) is 8.90. The van der Waals surface area contributed by atoms with Crippen LogP contribution in [0.5, 0.6) is 0 Å². The van der Waals surface area contributed by atoms with Gasteiger partial charge in [-0.1, -0.05) is 6.92 Å². The maximum absolute atomic E-state index is 9.42. The van der Waals surface area contributed by atoms with Gasteiger partial charge in [0.15, 0.2) is 5.82 Å². The lowest BCUT2D eigenvalue weighted by molar-refractivity contribution is 0.612. The maximum Gasteiger partial charge on any atom is 0.169 e. The van der Waals surface area contributed by atoms with Crippen LogP contribution in [0.15, 0.2) is 0 Å². The van der Waals surface area contributed by atoms with Crippen molar-refractivity contribution in [1.29, 1.82) is 5.26 Å². The molecule has 1 atom stereocenters. The minimum Gasteiger partial charge on any atom is -0.350 e. The Hall–Kier alpha value is -1.67. The van der Waals surface area contributed by atoms with Gasteiger partial charge in [-0.25, -0.2) is 0 Å². The van der Waals surface area contributed by atoms with Crippen LogP contribution in [0.1, 0.15) is 36.6 Å². The van der Waals surface area contributed by atoms with E-state index in [0.717, 1.165) is 49.6 Å². The van der Waals surface area contributed by atoms with Gasteiger partial charge in [0.25, 0.3) is 0 Å². The molecule has 0 amide bonds. The fourth-order valence-electron chi connectivity index (χ4n) is 2.54. The Morgan fingerprint density at radius 3 is 2.79 bits per heavy atom. The number of hydrogen-bond acceptors (Lipinski definition) is 5. The molecule has 0 aliphatic carbocycles. The third-order valence-corrected chi connectivity index (χ3v) is 3.76. The van der Waals surface area contributed by atoms with Crippen LogP contribution in [0, 0.1) is 25.2 Å². The van der Waals surface area contributed by atoms with Crippen LogP contribution in [0.25, 0.3) is 0 Å². The summed E-state index contributed by atoms with van der Waals surface area (Å²) >= 11 is 0. The SMILES string of the molecule is CCCN(c1nnc(C)c(C)c1C#N)C1CCNC1. The van der Waals surface area contributed by atoms with Gasteiger partial charge in [0, 0.05) is 19.1 Å². The van der Waals surface area contributed by atoms with E-state index in [4.69, 9.17) is 0 Å². The quantitative estimate of drug-likeness (QED) is 0.888. The average molecular weight is 259 g/mol. The summed E-state index contributed by atoms with van der Waals surface area (Å²) in [7, 11) is 0. The van der Waals surface area contributed by atoms with Crippen molar-refractivity contribution >= 4 is 5.82 Å². The van der Waals surface area contributed by atoms with Crippen molar-refractivity contribution in [3.8, 4) is 6.07 Å². The summed E-state index contributed by atoms with van der Waals surface area (Å²) in [6.07, 6.45) is 2.13. The summed E-state index contributed by atoms with van der Waals surface area (Å²) < 4.78 is 0. The van der Waals surface area contributed by atoms with E-state index in [1.165, 1.54) is 0 Å². The first-order valence-corrected chi connectivity index (χ1v) is 6.90. The molecule has 5 nitrogen and oxygen atoms in total. The van der Waals surface area contributed by atoms with Crippen LogP contribution in [0.2, 0.25) is 0 Å². The van der Waals surface area contributed by atoms with Crippen molar-refractivity contribution in [2.45, 2.75) is 39.7 Å². The molecule has 102 valence electrons. The average Bonchev–Trinajstić information content (AvgIpc) is 2.93. The van der Waals surface area contributed by atoms with E-state index >= 15 is 0 Å². The molecule has 2 rings (SSSR count). The molecule has 1 aromatic heterocycles. The second-order valence-corrected chi connectivity index (χ2v) is 5.06. The standard InChI is InChI=1S/C14H21N5/c1-4-7-19(12-5-6-16-9-12)14-13(8-15)10(2)11(3)17-18-14/h12,16H,4-7,9H2,1-3H3. The molecule has 1 aliphatic rings. The Kier molecular flexibility index (Phi) is 4.33. The number of nitrogens with zero attached hydrogens (tertiary/aromatic N) is 4. The Balaban J connectivity index is 2.41. The van der Waals surface area contributed by atoms with Gasteiger partial charge in [0.1, 0.15) is 11.6 Å². The number of nitrogens with one attached hydrogen (secondary N) is 1. The molecular weight excluding hydrogens is 238 g/mol. The van der Waals surface area contributed by atoms with Crippen LogP contribution in [0.4, 0.5) is 5.82 Å². The zero-order valence-corrected chi connectivity index (χ0v) is 11.9. The number of hydrogen-bond donors (Lipinski definition) is 1. The van der Waals surface area contributed by atoms with E-state index in [1.54, 1.807) is 0 Å². The summed E-state index contributed by atoms with van der Waals surface area (Å²) in [5, 5.41) is 21.3. The van der Waals surface area contributed by atoms with Crippen LogP contribution < -0.4 is 10.2 Å². The second kappa shape index (κ2) is 5.98. The summed E-state index contributed by atoms with van der Waals surface area (Å²) in [4.78, 5) is 2.25. The third kappa shape index (κ3) is 2.69. The summed E-state index contributed by atoms with van der Waals surface area (Å²) in [5.41, 5.74) is 2.45. The normalized spacial score (nSPS) is 18.3. The van der Waals surface area contributed by atoms with Crippen LogP contribution in [0.3, 0.4) is 0 Å². The van der Waals surface area contributed by atoms with Crippen molar-refractivity contribution < 1.29 is 0 Å². The Morgan fingerprint density at radius 1 is 1.42 bits per heavy atom. The molecule has 19 heavy (non-hydrogen) atoms. The highest BCUT2D eigenvalue weighted by molar-refractivity contribution is 5.58. The number of anilines is 1. The monoisotopic (exact) mass is 259 g/mol. The van der Waals surface area contributed by atoms with E-state index in [2.05, 4.69) is 33.4 Å². The predicted octanol–water partition coefficient (Wildman–Crippen LogP) is 1.54. The molecule has 1 N–H and O–H groups in total. The molecule has 1 unspecified atom stereocenters. The van der Waals surface area contributed by atoms with Gasteiger partial charge < -0.3 is 10.2 Å². The maximum atomic E-state index is 9.42. The van der Waals surface area contributed by atoms with Crippen LogP contribution in [-0.2, 0) is 0 Å². The topological polar surface area (TPSA) is 64.8 Å². The number of aryl methyl sites for hydroxylation is 1. The fraction of sp³-hybridized carbons (Fsp3) is 0.643. The molecular formula is C14H21N5. The predicted molar refractivity (Wildman–Crippen MR) is 75.1 cm³/mol. The van der Waals surface area contributed by atoms with Crippen LogP contribution >= 0.6 is 0 Å². The van der Waals surface area contributed by atoms with E-state index in [0.29, 0.717) is 11.6 Å². The van der Waals surface area contributed by atoms with Gasteiger partial charge in [-0.2, -0.15) is 10.4 Å². The van der Waals surface area contributed by atoms with E-state index < -0.39 is 0 Å². The minimum atomic E-state index is 0.420. The fourth-order valence-corrected chi connectivity index (χ4v) is 2.54. The lowest BCUT2D eigenvalue weighted by Gasteiger charge is -2.30. The highest BCUT2D eigenvalue weighted by Crippen LogP contribution is 2.25. The van der Waals surface area contributed by atoms with E-state index in [-0.39, 0.29) is 0 Å². The second-order valence-electron chi connectivity index (χ2n) is 5.06. The van der Waals surface area contributed by atoms with Crippen molar-refractivity contribution in [1.82, 2.24) is 15.5 Å². The molecule has 0 aromatic carbocycles. The number of aromatic nitrogens is 2. The third-order valence-electron chi connectivity index (χ3n) is 3.76. The summed E-state index contributed by atoms with van der Waals surface area (Å²) in [5.74, 6) is 0.751. The zero-order valence-electron chi connectivity index (χ0n) is 11.9. The minimum absolute atomic E-state index is 0.420. The lowest BCUT2D eigenvalue weighted by atomic mass is 10.1. The van der Waals surface area contributed by atoms with Gasteiger partial charge in [-0.05, 0) is 38.8 Å². The Labute approximate surface area is 114 Å². The van der Waals surface area contributed by atoms with Crippen molar-refractivity contribution in [3.63, 3.8) is 0 Å². The largest absolute Gasteiger partial charge is 0.350 e.